The number of pyridine rings is 1. The van der Waals surface area contributed by atoms with Crippen LogP contribution < -0.4 is 5.32 Å². The Balaban J connectivity index is 2.22. The minimum absolute atomic E-state index is 0.197. The largest absolute Gasteiger partial charge is 0.310 e. The molecule has 0 saturated carbocycles. The topological polar surface area (TPSA) is 24.9 Å². The van der Waals surface area contributed by atoms with Gasteiger partial charge < -0.3 is 5.32 Å². The third kappa shape index (κ3) is 4.20. The first-order valence-corrected chi connectivity index (χ1v) is 7.56. The molecule has 2 rings (SSSR count). The van der Waals surface area contributed by atoms with Crippen LogP contribution in [-0.4, -0.2) is 11.0 Å². The van der Waals surface area contributed by atoms with Crippen molar-refractivity contribution in [3.8, 4) is 0 Å². The molecule has 0 aliphatic carbocycles. The molecule has 106 valence electrons. The maximum atomic E-state index is 14.0. The maximum Gasteiger partial charge on any atom is 0.128 e. The molecule has 0 aliphatic rings. The fourth-order valence-corrected chi connectivity index (χ4v) is 2.67. The van der Waals surface area contributed by atoms with Crippen molar-refractivity contribution in [2.24, 2.45) is 0 Å². The van der Waals surface area contributed by atoms with E-state index in [0.717, 1.165) is 9.92 Å². The molecule has 0 amide bonds. The molecule has 0 saturated heterocycles. The molecular formula is C15H16ClFN2S. The van der Waals surface area contributed by atoms with E-state index in [1.165, 1.54) is 17.8 Å². The molecule has 0 bridgehead atoms. The Bertz CT molecular complexity index is 573. The number of hydrogen-bond donors (Lipinski definition) is 1. The number of nitrogens with zero attached hydrogens (tertiary/aromatic N) is 1. The van der Waals surface area contributed by atoms with Crippen LogP contribution in [0.3, 0.4) is 0 Å². The summed E-state index contributed by atoms with van der Waals surface area (Å²) in [5, 5.41) is 4.63. The predicted octanol–water partition coefficient (Wildman–Crippen LogP) is 4.52. The first kappa shape index (κ1) is 15.3. The minimum Gasteiger partial charge on any atom is -0.310 e. The highest BCUT2D eigenvalue weighted by atomic mass is 35.5. The zero-order valence-electron chi connectivity index (χ0n) is 11.4. The molecule has 20 heavy (non-hydrogen) atoms. The summed E-state index contributed by atoms with van der Waals surface area (Å²) in [4.78, 5) is 5.10. The normalized spacial score (nSPS) is 11.1. The summed E-state index contributed by atoms with van der Waals surface area (Å²) in [6.45, 7) is 4.57. The fraction of sp³-hybridized carbons (Fsp3) is 0.267. The lowest BCUT2D eigenvalue weighted by Gasteiger charge is -2.13. The zero-order chi connectivity index (χ0) is 14.5. The first-order chi connectivity index (χ1) is 9.56. The summed E-state index contributed by atoms with van der Waals surface area (Å²) in [5.74, 6) is -0.197. The maximum absolute atomic E-state index is 14.0. The van der Waals surface area contributed by atoms with Crippen molar-refractivity contribution in [2.75, 3.05) is 0 Å². The molecule has 1 heterocycles. The molecule has 0 radical (unpaired) electrons. The van der Waals surface area contributed by atoms with Crippen LogP contribution in [0.4, 0.5) is 4.39 Å². The van der Waals surface area contributed by atoms with Crippen molar-refractivity contribution < 1.29 is 4.39 Å². The molecule has 2 aromatic rings. The highest BCUT2D eigenvalue weighted by Crippen LogP contribution is 2.30. The van der Waals surface area contributed by atoms with E-state index in [1.807, 2.05) is 26.0 Å². The van der Waals surface area contributed by atoms with Crippen LogP contribution in [0.2, 0.25) is 5.02 Å². The quantitative estimate of drug-likeness (QED) is 0.878. The van der Waals surface area contributed by atoms with Gasteiger partial charge in [0.05, 0.1) is 5.02 Å². The van der Waals surface area contributed by atoms with Gasteiger partial charge in [-0.2, -0.15) is 0 Å². The smallest absolute Gasteiger partial charge is 0.128 e. The molecule has 0 spiro atoms. The Morgan fingerprint density at radius 1 is 1.30 bits per heavy atom. The van der Waals surface area contributed by atoms with E-state index in [4.69, 9.17) is 11.6 Å². The van der Waals surface area contributed by atoms with E-state index in [2.05, 4.69) is 10.3 Å². The summed E-state index contributed by atoms with van der Waals surface area (Å²) < 4.78 is 14.0. The van der Waals surface area contributed by atoms with Crippen LogP contribution in [0.25, 0.3) is 0 Å². The standard InChI is InChI=1S/C15H16ClFN2S/c1-10(2)18-9-12-13(17)4-3-5-14(12)20-15-7-6-11(16)8-19-15/h3-8,10,18H,9H2,1-2H3. The number of rotatable bonds is 5. The number of nitrogens with one attached hydrogen (secondary N) is 1. The van der Waals surface area contributed by atoms with Gasteiger partial charge in [-0.05, 0) is 24.3 Å². The van der Waals surface area contributed by atoms with E-state index in [1.54, 1.807) is 18.3 Å². The van der Waals surface area contributed by atoms with Gasteiger partial charge in [-0.3, -0.25) is 0 Å². The highest BCUT2D eigenvalue weighted by molar-refractivity contribution is 7.99. The van der Waals surface area contributed by atoms with E-state index in [0.29, 0.717) is 23.2 Å². The van der Waals surface area contributed by atoms with Crippen LogP contribution in [0.1, 0.15) is 19.4 Å². The molecular weight excluding hydrogens is 295 g/mol. The fourth-order valence-electron chi connectivity index (χ4n) is 1.65. The number of hydrogen-bond acceptors (Lipinski definition) is 3. The predicted molar refractivity (Wildman–Crippen MR) is 81.7 cm³/mol. The summed E-state index contributed by atoms with van der Waals surface area (Å²) >= 11 is 7.25. The first-order valence-electron chi connectivity index (χ1n) is 6.36. The lowest BCUT2D eigenvalue weighted by molar-refractivity contribution is 0.546. The van der Waals surface area contributed by atoms with Gasteiger partial charge in [0.2, 0.25) is 0 Å². The van der Waals surface area contributed by atoms with Gasteiger partial charge in [0, 0.05) is 29.2 Å². The molecule has 0 fully saturated rings. The van der Waals surface area contributed by atoms with E-state index in [9.17, 15) is 4.39 Å². The van der Waals surface area contributed by atoms with Gasteiger partial charge in [-0.25, -0.2) is 9.37 Å². The summed E-state index contributed by atoms with van der Waals surface area (Å²) in [5.41, 5.74) is 0.669. The second-order valence-electron chi connectivity index (χ2n) is 4.67. The number of aromatic nitrogens is 1. The Kier molecular flexibility index (Phi) is 5.40. The SMILES string of the molecule is CC(C)NCc1c(F)cccc1Sc1ccc(Cl)cn1. The van der Waals surface area contributed by atoms with Crippen LogP contribution in [0, 0.1) is 5.82 Å². The lowest BCUT2D eigenvalue weighted by atomic mass is 10.2. The van der Waals surface area contributed by atoms with Crippen LogP contribution in [-0.2, 0) is 6.54 Å². The van der Waals surface area contributed by atoms with Gasteiger partial charge in [0.15, 0.2) is 0 Å². The Morgan fingerprint density at radius 2 is 2.10 bits per heavy atom. The third-order valence-corrected chi connectivity index (χ3v) is 3.95. The summed E-state index contributed by atoms with van der Waals surface area (Å²) in [6.07, 6.45) is 1.59. The van der Waals surface area contributed by atoms with Gasteiger partial charge >= 0.3 is 0 Å². The molecule has 1 aromatic heterocycles. The Hall–Kier alpha value is -1.10. The van der Waals surface area contributed by atoms with Crippen LogP contribution in [0.5, 0.6) is 0 Å². The van der Waals surface area contributed by atoms with Gasteiger partial charge in [0.1, 0.15) is 10.8 Å². The van der Waals surface area contributed by atoms with Crippen molar-refractivity contribution in [1.82, 2.24) is 10.3 Å². The molecule has 5 heteroatoms. The Labute approximate surface area is 127 Å². The van der Waals surface area contributed by atoms with Crippen molar-refractivity contribution in [3.05, 3.63) is 52.9 Å². The summed E-state index contributed by atoms with van der Waals surface area (Å²) in [6, 6.07) is 9.02. The molecule has 0 aliphatic heterocycles. The average Bonchev–Trinajstić information content (AvgIpc) is 2.40. The van der Waals surface area contributed by atoms with Crippen molar-refractivity contribution in [3.63, 3.8) is 0 Å². The average molecular weight is 311 g/mol. The second-order valence-corrected chi connectivity index (χ2v) is 6.17. The van der Waals surface area contributed by atoms with Gasteiger partial charge in [0.25, 0.3) is 0 Å². The molecule has 2 nitrogen and oxygen atoms in total. The molecule has 1 N–H and O–H groups in total. The van der Waals surface area contributed by atoms with Crippen LogP contribution >= 0.6 is 23.4 Å². The van der Waals surface area contributed by atoms with Gasteiger partial charge in [-0.1, -0.05) is 43.3 Å². The lowest BCUT2D eigenvalue weighted by Crippen LogP contribution is -2.22. The molecule has 1 aromatic carbocycles. The highest BCUT2D eigenvalue weighted by Gasteiger charge is 2.10. The summed E-state index contributed by atoms with van der Waals surface area (Å²) in [7, 11) is 0. The van der Waals surface area contributed by atoms with Crippen LogP contribution in [0.15, 0.2) is 46.5 Å². The monoisotopic (exact) mass is 310 g/mol. The number of halogens is 2. The zero-order valence-corrected chi connectivity index (χ0v) is 12.9. The van der Waals surface area contributed by atoms with E-state index < -0.39 is 0 Å². The number of benzene rings is 1. The minimum atomic E-state index is -0.197. The molecule has 0 unspecified atom stereocenters. The van der Waals surface area contributed by atoms with E-state index in [-0.39, 0.29) is 5.82 Å². The Morgan fingerprint density at radius 3 is 2.75 bits per heavy atom. The van der Waals surface area contributed by atoms with Gasteiger partial charge in [-0.15, -0.1) is 0 Å². The van der Waals surface area contributed by atoms with Crippen molar-refractivity contribution >= 4 is 23.4 Å². The van der Waals surface area contributed by atoms with Crippen molar-refractivity contribution in [2.45, 2.75) is 36.4 Å². The second kappa shape index (κ2) is 7.07. The van der Waals surface area contributed by atoms with Crippen molar-refractivity contribution in [1.29, 1.82) is 0 Å². The third-order valence-electron chi connectivity index (χ3n) is 2.68. The van der Waals surface area contributed by atoms with E-state index >= 15 is 0 Å². The molecule has 0 atom stereocenters.